The molecule has 1 aromatic rings. The first-order valence-electron chi connectivity index (χ1n) is 9.31. The molecule has 1 aromatic carbocycles. The summed E-state index contributed by atoms with van der Waals surface area (Å²) >= 11 is 0. The van der Waals surface area contributed by atoms with Gasteiger partial charge in [-0.25, -0.2) is 4.79 Å². The molecule has 2 heterocycles. The van der Waals surface area contributed by atoms with Crippen molar-refractivity contribution in [2.24, 2.45) is 5.41 Å². The van der Waals surface area contributed by atoms with Crippen LogP contribution in [0.3, 0.4) is 0 Å². The van der Waals surface area contributed by atoms with Crippen molar-refractivity contribution in [2.75, 3.05) is 32.8 Å². The standard InChI is InChI=1S/C20H28N4O2/c1-20(2)15-23(13-16-6-4-3-5-7-16)9-8-18(20)22-19(25)24-10-11-26-17(12-21)14-24/h3-7,17-18H,8-11,13-15H2,1-2H3,(H,22,25). The summed E-state index contributed by atoms with van der Waals surface area (Å²) in [6, 6.07) is 12.6. The van der Waals surface area contributed by atoms with E-state index < -0.39 is 6.10 Å². The Morgan fingerprint density at radius 3 is 2.81 bits per heavy atom. The molecule has 0 saturated carbocycles. The van der Waals surface area contributed by atoms with Gasteiger partial charge in [0.05, 0.1) is 19.2 Å². The van der Waals surface area contributed by atoms with E-state index in [2.05, 4.69) is 54.4 Å². The molecule has 2 saturated heterocycles. The monoisotopic (exact) mass is 356 g/mol. The Labute approximate surface area is 155 Å². The van der Waals surface area contributed by atoms with E-state index in [4.69, 9.17) is 10.00 Å². The van der Waals surface area contributed by atoms with Crippen LogP contribution in [-0.2, 0) is 11.3 Å². The van der Waals surface area contributed by atoms with Crippen LogP contribution in [0.4, 0.5) is 4.79 Å². The van der Waals surface area contributed by atoms with Crippen LogP contribution in [0, 0.1) is 16.7 Å². The second-order valence-electron chi connectivity index (χ2n) is 7.91. The molecule has 0 spiro atoms. The van der Waals surface area contributed by atoms with Crippen molar-refractivity contribution >= 4 is 6.03 Å². The molecule has 3 rings (SSSR count). The summed E-state index contributed by atoms with van der Waals surface area (Å²) in [7, 11) is 0. The van der Waals surface area contributed by atoms with Gasteiger partial charge in [-0.2, -0.15) is 5.26 Å². The lowest BCUT2D eigenvalue weighted by Crippen LogP contribution is -2.59. The van der Waals surface area contributed by atoms with E-state index in [0.29, 0.717) is 19.7 Å². The summed E-state index contributed by atoms with van der Waals surface area (Å²) in [4.78, 5) is 16.8. The number of carbonyl (C=O) groups is 1. The molecule has 6 nitrogen and oxygen atoms in total. The average Bonchev–Trinajstić information content (AvgIpc) is 2.64. The van der Waals surface area contributed by atoms with Crippen molar-refractivity contribution in [1.29, 1.82) is 5.26 Å². The fourth-order valence-electron chi connectivity index (χ4n) is 3.86. The molecule has 2 unspecified atom stereocenters. The Balaban J connectivity index is 1.55. The van der Waals surface area contributed by atoms with Crippen molar-refractivity contribution in [3.05, 3.63) is 35.9 Å². The van der Waals surface area contributed by atoms with Crippen LogP contribution in [0.1, 0.15) is 25.8 Å². The van der Waals surface area contributed by atoms with Gasteiger partial charge in [-0.15, -0.1) is 0 Å². The summed E-state index contributed by atoms with van der Waals surface area (Å²) in [5.74, 6) is 0. The number of piperidine rings is 1. The van der Waals surface area contributed by atoms with Gasteiger partial charge in [-0.3, -0.25) is 4.90 Å². The van der Waals surface area contributed by atoms with E-state index in [1.165, 1.54) is 5.56 Å². The van der Waals surface area contributed by atoms with Crippen molar-refractivity contribution in [2.45, 2.75) is 39.0 Å². The van der Waals surface area contributed by atoms with Gasteiger partial charge in [0, 0.05) is 32.2 Å². The third-order valence-corrected chi connectivity index (χ3v) is 5.35. The molecular formula is C20H28N4O2. The van der Waals surface area contributed by atoms with Crippen LogP contribution in [0.25, 0.3) is 0 Å². The Bertz CT molecular complexity index is 656. The third kappa shape index (κ3) is 4.54. The molecule has 0 aromatic heterocycles. The normalized spacial score (nSPS) is 26.1. The molecule has 0 radical (unpaired) electrons. The quantitative estimate of drug-likeness (QED) is 0.902. The maximum atomic E-state index is 12.6. The van der Waals surface area contributed by atoms with Crippen molar-refractivity contribution in [1.82, 2.24) is 15.1 Å². The Morgan fingerprint density at radius 2 is 2.12 bits per heavy atom. The van der Waals surface area contributed by atoms with Crippen molar-refractivity contribution in [3.8, 4) is 6.07 Å². The number of nitrogens with zero attached hydrogens (tertiary/aromatic N) is 3. The SMILES string of the molecule is CC1(C)CN(Cc2ccccc2)CCC1NC(=O)N1CCOC(C#N)C1. The second kappa shape index (κ2) is 8.07. The van der Waals surface area contributed by atoms with Gasteiger partial charge >= 0.3 is 6.03 Å². The number of nitriles is 1. The number of carbonyl (C=O) groups excluding carboxylic acids is 1. The van der Waals surface area contributed by atoms with Crippen LogP contribution in [0.15, 0.2) is 30.3 Å². The van der Waals surface area contributed by atoms with Gasteiger partial charge in [0.2, 0.25) is 0 Å². The number of hydrogen-bond acceptors (Lipinski definition) is 4. The molecule has 2 aliphatic heterocycles. The number of urea groups is 1. The van der Waals surface area contributed by atoms with Crippen LogP contribution < -0.4 is 5.32 Å². The van der Waals surface area contributed by atoms with Gasteiger partial charge in [-0.05, 0) is 17.4 Å². The first-order chi connectivity index (χ1) is 12.5. The molecule has 140 valence electrons. The van der Waals surface area contributed by atoms with E-state index in [1.54, 1.807) is 4.90 Å². The highest BCUT2D eigenvalue weighted by atomic mass is 16.5. The topological polar surface area (TPSA) is 68.6 Å². The second-order valence-corrected chi connectivity index (χ2v) is 7.91. The molecule has 2 fully saturated rings. The van der Waals surface area contributed by atoms with Crippen molar-refractivity contribution in [3.63, 3.8) is 0 Å². The zero-order valence-corrected chi connectivity index (χ0v) is 15.6. The van der Waals surface area contributed by atoms with Gasteiger partial charge in [0.25, 0.3) is 0 Å². The van der Waals surface area contributed by atoms with Gasteiger partial charge in [0.15, 0.2) is 6.10 Å². The van der Waals surface area contributed by atoms with E-state index >= 15 is 0 Å². The number of nitrogens with one attached hydrogen (secondary N) is 1. The lowest BCUT2D eigenvalue weighted by atomic mass is 9.79. The highest BCUT2D eigenvalue weighted by Gasteiger charge is 2.37. The molecule has 2 atom stereocenters. The van der Waals surface area contributed by atoms with E-state index in [1.807, 2.05) is 6.07 Å². The zero-order valence-electron chi connectivity index (χ0n) is 15.6. The molecular weight excluding hydrogens is 328 g/mol. The van der Waals surface area contributed by atoms with E-state index in [9.17, 15) is 4.79 Å². The Hall–Kier alpha value is -2.10. The van der Waals surface area contributed by atoms with Crippen molar-refractivity contribution < 1.29 is 9.53 Å². The Kier molecular flexibility index (Phi) is 5.80. The number of morpholine rings is 1. The fourth-order valence-corrected chi connectivity index (χ4v) is 3.86. The lowest BCUT2D eigenvalue weighted by molar-refractivity contribution is 0.0120. The molecule has 0 aliphatic carbocycles. The third-order valence-electron chi connectivity index (χ3n) is 5.35. The van der Waals surface area contributed by atoms with Crippen LogP contribution in [-0.4, -0.2) is 60.8 Å². The number of likely N-dealkylation sites (tertiary alicyclic amines) is 1. The number of benzene rings is 1. The van der Waals surface area contributed by atoms with Crippen LogP contribution in [0.2, 0.25) is 0 Å². The summed E-state index contributed by atoms with van der Waals surface area (Å²) in [6.45, 7) is 8.58. The van der Waals surface area contributed by atoms with E-state index in [-0.39, 0.29) is 17.5 Å². The highest BCUT2D eigenvalue weighted by Crippen LogP contribution is 2.30. The highest BCUT2D eigenvalue weighted by molar-refractivity contribution is 5.74. The maximum Gasteiger partial charge on any atom is 0.317 e. The first kappa shape index (κ1) is 18.7. The fraction of sp³-hybridized carbons (Fsp3) is 0.600. The summed E-state index contributed by atoms with van der Waals surface area (Å²) in [5.41, 5.74) is 1.31. The van der Waals surface area contributed by atoms with E-state index in [0.717, 1.165) is 26.1 Å². The first-order valence-corrected chi connectivity index (χ1v) is 9.31. The van der Waals surface area contributed by atoms with Crippen LogP contribution in [0.5, 0.6) is 0 Å². The van der Waals surface area contributed by atoms with Gasteiger partial charge in [0.1, 0.15) is 0 Å². The zero-order chi connectivity index (χ0) is 18.6. The number of hydrogen-bond donors (Lipinski definition) is 1. The average molecular weight is 356 g/mol. The number of amides is 2. The number of ether oxygens (including phenoxy) is 1. The van der Waals surface area contributed by atoms with Gasteiger partial charge < -0.3 is 15.0 Å². The molecule has 1 N–H and O–H groups in total. The molecule has 2 aliphatic rings. The smallest absolute Gasteiger partial charge is 0.317 e. The predicted molar refractivity (Wildman–Crippen MR) is 99.4 cm³/mol. The predicted octanol–water partition coefficient (Wildman–Crippen LogP) is 2.22. The molecule has 0 bridgehead atoms. The summed E-state index contributed by atoms with van der Waals surface area (Å²) in [6.07, 6.45) is 0.410. The lowest BCUT2D eigenvalue weighted by Gasteiger charge is -2.45. The minimum Gasteiger partial charge on any atom is -0.360 e. The minimum atomic E-state index is -0.518. The van der Waals surface area contributed by atoms with Crippen LogP contribution >= 0.6 is 0 Å². The molecule has 6 heteroatoms. The Morgan fingerprint density at radius 1 is 1.35 bits per heavy atom. The van der Waals surface area contributed by atoms with Gasteiger partial charge in [-0.1, -0.05) is 44.2 Å². The summed E-state index contributed by atoms with van der Waals surface area (Å²) < 4.78 is 5.32. The minimum absolute atomic E-state index is 0.0103. The molecule has 26 heavy (non-hydrogen) atoms. The largest absolute Gasteiger partial charge is 0.360 e. The summed E-state index contributed by atoms with van der Waals surface area (Å²) in [5, 5.41) is 12.2. The molecule has 2 amide bonds. The maximum absolute atomic E-state index is 12.6. The number of rotatable bonds is 3.